The molecule has 0 radical (unpaired) electrons. The molecule has 0 saturated carbocycles. The van der Waals surface area contributed by atoms with E-state index in [0.29, 0.717) is 0 Å². The normalized spacial score (nSPS) is 22.3. The molecule has 1 heterocycles. The molecule has 1 aromatic rings. The van der Waals surface area contributed by atoms with E-state index in [-0.39, 0.29) is 32.2 Å². The van der Waals surface area contributed by atoms with E-state index in [1.54, 1.807) is 30.3 Å². The highest BCUT2D eigenvalue weighted by molar-refractivity contribution is 5.93. The molecule has 14 heteroatoms. The molecule has 218 valence electrons. The Labute approximate surface area is 231 Å². The maximum absolute atomic E-state index is 13.0. The van der Waals surface area contributed by atoms with Crippen LogP contribution in [0.4, 0.5) is 0 Å². The number of likely N-dealkylation sites (N-methyl/N-ethyl adjacent to an activating group) is 1. The average molecular weight is 562 g/mol. The second kappa shape index (κ2) is 15.8. The van der Waals surface area contributed by atoms with E-state index in [4.69, 9.17) is 9.47 Å². The summed E-state index contributed by atoms with van der Waals surface area (Å²) in [7, 11) is 3.58. The van der Waals surface area contributed by atoms with Crippen molar-refractivity contribution in [1.82, 2.24) is 26.2 Å². The maximum Gasteiger partial charge on any atom is 0.328 e. The molecule has 0 bridgehead atoms. The number of hydrogen-bond acceptors (Lipinski definition) is 9. The molecule has 1 fully saturated rings. The first-order valence-electron chi connectivity index (χ1n) is 12.6. The molecule has 0 spiro atoms. The lowest BCUT2D eigenvalue weighted by molar-refractivity contribution is -0.147. The van der Waals surface area contributed by atoms with Gasteiger partial charge in [0.1, 0.15) is 18.1 Å². The van der Waals surface area contributed by atoms with Gasteiger partial charge in [0.25, 0.3) is 0 Å². The average Bonchev–Trinajstić information content (AvgIpc) is 2.93. The largest absolute Gasteiger partial charge is 0.467 e. The quantitative estimate of drug-likeness (QED) is 0.307. The van der Waals surface area contributed by atoms with Gasteiger partial charge in [-0.2, -0.15) is 0 Å². The lowest BCUT2D eigenvalue weighted by atomic mass is 10.0. The van der Waals surface area contributed by atoms with Crippen LogP contribution in [0.1, 0.15) is 31.2 Å². The highest BCUT2D eigenvalue weighted by atomic mass is 16.5. The topological polar surface area (TPSA) is 189 Å². The molecule has 40 heavy (non-hydrogen) atoms. The third-order valence-electron chi connectivity index (χ3n) is 6.07. The molecule has 5 amide bonds. The van der Waals surface area contributed by atoms with Gasteiger partial charge in [-0.25, -0.2) is 9.59 Å². The Morgan fingerprint density at radius 3 is 2.12 bits per heavy atom. The summed E-state index contributed by atoms with van der Waals surface area (Å²) in [5.74, 6) is -4.78. The molecule has 1 saturated heterocycles. The van der Waals surface area contributed by atoms with Crippen LogP contribution in [0.5, 0.6) is 0 Å². The molecule has 0 aromatic heterocycles. The Morgan fingerprint density at radius 2 is 1.48 bits per heavy atom. The molecule has 2 rings (SSSR count). The molecule has 0 aliphatic carbocycles. The molecule has 1 aliphatic rings. The van der Waals surface area contributed by atoms with Gasteiger partial charge in [-0.3, -0.25) is 24.0 Å². The van der Waals surface area contributed by atoms with Crippen LogP contribution in [0, 0.1) is 0 Å². The summed E-state index contributed by atoms with van der Waals surface area (Å²) >= 11 is 0. The minimum atomic E-state index is -1.38. The van der Waals surface area contributed by atoms with Gasteiger partial charge in [-0.15, -0.1) is 0 Å². The summed E-state index contributed by atoms with van der Waals surface area (Å²) in [6.07, 6.45) is -0.917. The van der Waals surface area contributed by atoms with E-state index in [1.807, 2.05) is 0 Å². The highest BCUT2D eigenvalue weighted by Crippen LogP contribution is 2.07. The maximum atomic E-state index is 13.0. The molecule has 1 aliphatic heterocycles. The van der Waals surface area contributed by atoms with Crippen molar-refractivity contribution < 1.29 is 43.0 Å². The monoisotopic (exact) mass is 561 g/mol. The lowest BCUT2D eigenvalue weighted by Crippen LogP contribution is -2.52. The van der Waals surface area contributed by atoms with E-state index < -0.39 is 72.6 Å². The Balaban J connectivity index is 2.30. The van der Waals surface area contributed by atoms with Crippen molar-refractivity contribution in [2.75, 3.05) is 34.4 Å². The van der Waals surface area contributed by atoms with Crippen molar-refractivity contribution in [3.8, 4) is 0 Å². The first-order chi connectivity index (χ1) is 19.0. The summed E-state index contributed by atoms with van der Waals surface area (Å²) in [6, 6.07) is 5.29. The number of rotatable bonds is 4. The number of ether oxygens (including phenoxy) is 2. The van der Waals surface area contributed by atoms with Crippen LogP contribution >= 0.6 is 0 Å². The van der Waals surface area contributed by atoms with Crippen molar-refractivity contribution in [3.05, 3.63) is 35.9 Å². The van der Waals surface area contributed by atoms with Gasteiger partial charge in [0.15, 0.2) is 0 Å². The fourth-order valence-corrected chi connectivity index (χ4v) is 3.92. The standard InChI is InChI=1S/C26H35N5O9/c1-31-15-22(34)30-19(26(38)40-3)14-21(33)29-18(13-16-7-5-4-6-8-16)24(36)27-12-11-20(32)28-17(25(37)39-2)9-10-23(31)35/h4-8,17-19H,9-15H2,1-3H3,(H,27,36)(H,28,32)(H,29,33)(H,30,34)/t17?,18-,19+/m0/s1. The van der Waals surface area contributed by atoms with E-state index in [9.17, 15) is 33.6 Å². The van der Waals surface area contributed by atoms with E-state index in [0.717, 1.165) is 24.7 Å². The SMILES string of the molecule is COC(=O)C1CCC(=O)N(C)CC(=O)N[C@@H](C(=O)OC)CC(=O)N[C@@H](Cc2ccccc2)C(=O)NCCC(=O)N1. The van der Waals surface area contributed by atoms with Gasteiger partial charge in [0, 0.05) is 32.9 Å². The third-order valence-corrected chi connectivity index (χ3v) is 6.07. The van der Waals surface area contributed by atoms with Gasteiger partial charge >= 0.3 is 11.9 Å². The Morgan fingerprint density at radius 1 is 0.850 bits per heavy atom. The van der Waals surface area contributed by atoms with Crippen molar-refractivity contribution >= 4 is 41.5 Å². The second-order valence-corrected chi connectivity index (χ2v) is 9.13. The summed E-state index contributed by atoms with van der Waals surface area (Å²) in [4.78, 5) is 89.0. The number of hydrogen-bond donors (Lipinski definition) is 4. The van der Waals surface area contributed by atoms with Crippen LogP contribution in [-0.4, -0.2) is 98.9 Å². The van der Waals surface area contributed by atoms with E-state index in [2.05, 4.69) is 21.3 Å². The molecule has 4 N–H and O–H groups in total. The van der Waals surface area contributed by atoms with Crippen LogP contribution in [0.25, 0.3) is 0 Å². The minimum absolute atomic E-state index is 0.0993. The zero-order valence-electron chi connectivity index (χ0n) is 22.7. The molecular weight excluding hydrogens is 526 g/mol. The number of amides is 5. The molecular formula is C26H35N5O9. The van der Waals surface area contributed by atoms with Crippen LogP contribution < -0.4 is 21.3 Å². The van der Waals surface area contributed by atoms with Crippen molar-refractivity contribution in [2.45, 2.75) is 50.2 Å². The van der Waals surface area contributed by atoms with Crippen LogP contribution in [0.15, 0.2) is 30.3 Å². The van der Waals surface area contributed by atoms with E-state index in [1.165, 1.54) is 7.05 Å². The van der Waals surface area contributed by atoms with Crippen LogP contribution in [0.3, 0.4) is 0 Å². The minimum Gasteiger partial charge on any atom is -0.467 e. The van der Waals surface area contributed by atoms with Crippen molar-refractivity contribution in [3.63, 3.8) is 0 Å². The number of carbonyl (C=O) groups excluding carboxylic acids is 7. The van der Waals surface area contributed by atoms with Gasteiger partial charge in [0.05, 0.1) is 27.2 Å². The number of nitrogens with one attached hydrogen (secondary N) is 4. The summed E-state index contributed by atoms with van der Waals surface area (Å²) < 4.78 is 9.42. The zero-order valence-corrected chi connectivity index (χ0v) is 22.7. The lowest BCUT2D eigenvalue weighted by Gasteiger charge is -2.22. The number of carbonyl (C=O) groups is 7. The van der Waals surface area contributed by atoms with Gasteiger partial charge in [-0.1, -0.05) is 30.3 Å². The number of esters is 2. The Kier molecular flexibility index (Phi) is 12.5. The molecule has 1 aromatic carbocycles. The summed E-state index contributed by atoms with van der Waals surface area (Å²) in [5.41, 5.74) is 0.741. The van der Waals surface area contributed by atoms with Gasteiger partial charge in [-0.05, 0) is 12.0 Å². The van der Waals surface area contributed by atoms with Crippen LogP contribution in [-0.2, 0) is 49.5 Å². The predicted octanol–water partition coefficient (Wildman–Crippen LogP) is -1.82. The van der Waals surface area contributed by atoms with Crippen molar-refractivity contribution in [2.24, 2.45) is 0 Å². The molecule has 1 unspecified atom stereocenters. The van der Waals surface area contributed by atoms with Gasteiger partial charge in [0.2, 0.25) is 29.5 Å². The first kappa shape index (κ1) is 31.7. The summed E-state index contributed by atoms with van der Waals surface area (Å²) in [5, 5.41) is 10.0. The number of methoxy groups -OCH3 is 2. The first-order valence-corrected chi connectivity index (χ1v) is 12.6. The highest BCUT2D eigenvalue weighted by Gasteiger charge is 2.29. The Bertz CT molecular complexity index is 1100. The molecule has 3 atom stereocenters. The fraction of sp³-hybridized carbons (Fsp3) is 0.500. The fourth-order valence-electron chi connectivity index (χ4n) is 3.92. The second-order valence-electron chi connectivity index (χ2n) is 9.13. The zero-order chi connectivity index (χ0) is 29.7. The molecule has 14 nitrogen and oxygen atoms in total. The summed E-state index contributed by atoms with van der Waals surface area (Å²) in [6.45, 7) is -0.565. The number of nitrogens with zero attached hydrogens (tertiary/aromatic N) is 1. The van der Waals surface area contributed by atoms with E-state index >= 15 is 0 Å². The van der Waals surface area contributed by atoms with Crippen LogP contribution in [0.2, 0.25) is 0 Å². The third kappa shape index (κ3) is 10.3. The van der Waals surface area contributed by atoms with Crippen molar-refractivity contribution in [1.29, 1.82) is 0 Å². The predicted molar refractivity (Wildman–Crippen MR) is 139 cm³/mol. The number of benzene rings is 1. The Hall–Kier alpha value is -4.49. The smallest absolute Gasteiger partial charge is 0.328 e. The van der Waals surface area contributed by atoms with Gasteiger partial charge < -0.3 is 35.6 Å².